The highest BCUT2D eigenvalue weighted by molar-refractivity contribution is 7.13. The zero-order chi connectivity index (χ0) is 12.4. The second kappa shape index (κ2) is 5.55. The third-order valence-corrected chi connectivity index (χ3v) is 5.06. The second-order valence-electron chi connectivity index (χ2n) is 5.50. The predicted octanol–water partition coefficient (Wildman–Crippen LogP) is 1.12. The largest absolute Gasteiger partial charge is 0.346 e. The van der Waals surface area contributed by atoms with Crippen molar-refractivity contribution in [2.45, 2.75) is 6.92 Å². The van der Waals surface area contributed by atoms with Crippen molar-refractivity contribution >= 4 is 16.5 Å². The van der Waals surface area contributed by atoms with E-state index in [0.717, 1.165) is 24.9 Å². The number of rotatable bonds is 3. The molecular formula is C13H22N4S. The standard InChI is InChI=1S/C13H22N4S/c1-11-8-14-9-12(11)10-16-3-5-17(6-4-16)13-15-2-7-18-13/h2,7,11-12,14H,3-6,8-10H2,1H3. The maximum absolute atomic E-state index is 4.40. The van der Waals surface area contributed by atoms with Crippen LogP contribution in [0.25, 0.3) is 0 Å². The van der Waals surface area contributed by atoms with E-state index >= 15 is 0 Å². The highest BCUT2D eigenvalue weighted by Crippen LogP contribution is 2.21. The molecule has 1 N–H and O–H groups in total. The van der Waals surface area contributed by atoms with Crippen molar-refractivity contribution in [1.82, 2.24) is 15.2 Å². The first-order valence-electron chi connectivity index (χ1n) is 6.90. The summed E-state index contributed by atoms with van der Waals surface area (Å²) < 4.78 is 0. The molecule has 0 bridgehead atoms. The molecule has 0 saturated carbocycles. The molecule has 0 amide bonds. The number of hydrogen-bond acceptors (Lipinski definition) is 5. The predicted molar refractivity (Wildman–Crippen MR) is 76.3 cm³/mol. The summed E-state index contributed by atoms with van der Waals surface area (Å²) in [4.78, 5) is 9.43. The van der Waals surface area contributed by atoms with Gasteiger partial charge in [-0.2, -0.15) is 0 Å². The molecule has 18 heavy (non-hydrogen) atoms. The van der Waals surface area contributed by atoms with E-state index in [1.807, 2.05) is 6.20 Å². The maximum atomic E-state index is 4.40. The van der Waals surface area contributed by atoms with Gasteiger partial charge in [-0.15, -0.1) is 11.3 Å². The third kappa shape index (κ3) is 2.68. The van der Waals surface area contributed by atoms with Crippen molar-refractivity contribution in [3.63, 3.8) is 0 Å². The molecule has 3 heterocycles. The van der Waals surface area contributed by atoms with Gasteiger partial charge in [0.2, 0.25) is 0 Å². The van der Waals surface area contributed by atoms with Crippen LogP contribution in [-0.4, -0.2) is 55.7 Å². The molecule has 3 rings (SSSR count). The molecule has 100 valence electrons. The number of piperazine rings is 1. The molecule has 1 aromatic heterocycles. The van der Waals surface area contributed by atoms with Crippen LogP contribution >= 0.6 is 11.3 Å². The second-order valence-corrected chi connectivity index (χ2v) is 6.37. The molecule has 2 aliphatic heterocycles. The van der Waals surface area contributed by atoms with Crippen LogP contribution in [0, 0.1) is 11.8 Å². The van der Waals surface area contributed by atoms with Crippen molar-refractivity contribution in [3.05, 3.63) is 11.6 Å². The van der Waals surface area contributed by atoms with Gasteiger partial charge in [-0.1, -0.05) is 6.92 Å². The van der Waals surface area contributed by atoms with E-state index < -0.39 is 0 Å². The van der Waals surface area contributed by atoms with E-state index in [4.69, 9.17) is 0 Å². The van der Waals surface area contributed by atoms with E-state index in [-0.39, 0.29) is 0 Å². The summed E-state index contributed by atoms with van der Waals surface area (Å²) in [7, 11) is 0. The Morgan fingerprint density at radius 3 is 2.78 bits per heavy atom. The molecule has 2 saturated heterocycles. The topological polar surface area (TPSA) is 31.4 Å². The van der Waals surface area contributed by atoms with Crippen LogP contribution in [-0.2, 0) is 0 Å². The Morgan fingerprint density at radius 1 is 1.33 bits per heavy atom. The van der Waals surface area contributed by atoms with Crippen molar-refractivity contribution in [1.29, 1.82) is 0 Å². The third-order valence-electron chi connectivity index (χ3n) is 4.23. The smallest absolute Gasteiger partial charge is 0.185 e. The number of hydrogen-bond donors (Lipinski definition) is 1. The first-order valence-corrected chi connectivity index (χ1v) is 7.78. The Labute approximate surface area is 113 Å². The molecule has 4 nitrogen and oxygen atoms in total. The highest BCUT2D eigenvalue weighted by Gasteiger charge is 2.27. The van der Waals surface area contributed by atoms with E-state index in [1.165, 1.54) is 37.9 Å². The van der Waals surface area contributed by atoms with Gasteiger partial charge in [-0.05, 0) is 24.9 Å². The summed E-state index contributed by atoms with van der Waals surface area (Å²) in [5, 5.41) is 6.75. The van der Waals surface area contributed by atoms with Crippen LogP contribution in [0.2, 0.25) is 0 Å². The van der Waals surface area contributed by atoms with Gasteiger partial charge in [0.25, 0.3) is 0 Å². The molecule has 2 aliphatic rings. The highest BCUT2D eigenvalue weighted by atomic mass is 32.1. The van der Waals surface area contributed by atoms with Gasteiger partial charge in [-0.3, -0.25) is 4.90 Å². The summed E-state index contributed by atoms with van der Waals surface area (Å²) in [6, 6.07) is 0. The lowest BCUT2D eigenvalue weighted by molar-refractivity contribution is 0.207. The molecule has 1 aromatic rings. The van der Waals surface area contributed by atoms with Crippen LogP contribution in [0.5, 0.6) is 0 Å². The summed E-state index contributed by atoms with van der Waals surface area (Å²) in [5.41, 5.74) is 0. The lowest BCUT2D eigenvalue weighted by Crippen LogP contribution is -2.48. The molecular weight excluding hydrogens is 244 g/mol. The number of aromatic nitrogens is 1. The number of thiazole rings is 1. The van der Waals surface area contributed by atoms with Crippen LogP contribution in [0.1, 0.15) is 6.92 Å². The van der Waals surface area contributed by atoms with Crippen molar-refractivity contribution in [2.75, 3.05) is 50.7 Å². The minimum atomic E-state index is 0.835. The summed E-state index contributed by atoms with van der Waals surface area (Å²) in [6.45, 7) is 10.7. The fourth-order valence-electron chi connectivity index (χ4n) is 2.93. The maximum Gasteiger partial charge on any atom is 0.185 e. The number of nitrogens with zero attached hydrogens (tertiary/aromatic N) is 3. The van der Waals surface area contributed by atoms with E-state index in [0.29, 0.717) is 0 Å². The van der Waals surface area contributed by atoms with Gasteiger partial charge in [0.05, 0.1) is 0 Å². The Kier molecular flexibility index (Phi) is 3.82. The van der Waals surface area contributed by atoms with Gasteiger partial charge in [0.1, 0.15) is 0 Å². The van der Waals surface area contributed by atoms with E-state index in [2.05, 4.69) is 32.4 Å². The molecule has 0 aliphatic carbocycles. The van der Waals surface area contributed by atoms with Gasteiger partial charge in [0, 0.05) is 44.3 Å². The first kappa shape index (κ1) is 12.4. The van der Waals surface area contributed by atoms with E-state index in [1.54, 1.807) is 11.3 Å². The molecule has 0 radical (unpaired) electrons. The molecule has 0 aromatic carbocycles. The Morgan fingerprint density at radius 2 is 2.17 bits per heavy atom. The molecule has 2 fully saturated rings. The molecule has 0 spiro atoms. The zero-order valence-corrected chi connectivity index (χ0v) is 11.8. The van der Waals surface area contributed by atoms with E-state index in [9.17, 15) is 0 Å². The van der Waals surface area contributed by atoms with Gasteiger partial charge < -0.3 is 10.2 Å². The average molecular weight is 266 g/mol. The van der Waals surface area contributed by atoms with Crippen molar-refractivity contribution in [3.8, 4) is 0 Å². The molecule has 2 unspecified atom stereocenters. The SMILES string of the molecule is CC1CNCC1CN1CCN(c2nccs2)CC1. The monoisotopic (exact) mass is 266 g/mol. The van der Waals surface area contributed by atoms with Crippen LogP contribution in [0.15, 0.2) is 11.6 Å². The lowest BCUT2D eigenvalue weighted by Gasteiger charge is -2.36. The minimum Gasteiger partial charge on any atom is -0.346 e. The normalized spacial score (nSPS) is 29.9. The van der Waals surface area contributed by atoms with Crippen LogP contribution in [0.3, 0.4) is 0 Å². The summed E-state index contributed by atoms with van der Waals surface area (Å²) in [5.74, 6) is 1.68. The Bertz CT molecular complexity index is 359. The number of anilines is 1. The van der Waals surface area contributed by atoms with Gasteiger partial charge >= 0.3 is 0 Å². The fourth-order valence-corrected chi connectivity index (χ4v) is 3.63. The fraction of sp³-hybridized carbons (Fsp3) is 0.769. The Hall–Kier alpha value is -0.650. The molecule has 5 heteroatoms. The summed E-state index contributed by atoms with van der Waals surface area (Å²) >= 11 is 1.75. The quantitative estimate of drug-likeness (QED) is 0.888. The first-order chi connectivity index (χ1) is 8.83. The summed E-state index contributed by atoms with van der Waals surface area (Å²) in [6.07, 6.45) is 1.90. The Balaban J connectivity index is 1.48. The van der Waals surface area contributed by atoms with Gasteiger partial charge in [-0.25, -0.2) is 4.98 Å². The van der Waals surface area contributed by atoms with Crippen LogP contribution in [0.4, 0.5) is 5.13 Å². The number of nitrogens with one attached hydrogen (secondary N) is 1. The van der Waals surface area contributed by atoms with Crippen LogP contribution < -0.4 is 10.2 Å². The minimum absolute atomic E-state index is 0.835. The van der Waals surface area contributed by atoms with Gasteiger partial charge in [0.15, 0.2) is 5.13 Å². The van der Waals surface area contributed by atoms with Crippen molar-refractivity contribution < 1.29 is 0 Å². The van der Waals surface area contributed by atoms with Crippen molar-refractivity contribution in [2.24, 2.45) is 11.8 Å². The lowest BCUT2D eigenvalue weighted by atomic mass is 9.97. The average Bonchev–Trinajstić information content (AvgIpc) is 3.03. The zero-order valence-electron chi connectivity index (χ0n) is 11.0. The molecule has 2 atom stereocenters.